The largest absolute Gasteiger partial charge is 0.462 e. The fourth-order valence-corrected chi connectivity index (χ4v) is 6.83. The molecule has 0 spiro atoms. The van der Waals surface area contributed by atoms with Crippen LogP contribution in [0.1, 0.15) is 88.8 Å². The van der Waals surface area contributed by atoms with Gasteiger partial charge in [0.05, 0.1) is 17.1 Å². The van der Waals surface area contributed by atoms with Crippen molar-refractivity contribution in [2.24, 2.45) is 0 Å². The molecule has 1 saturated carbocycles. The maximum Gasteiger partial charge on any atom is 0.348 e. The number of nitrogens with one attached hydrogen (secondary N) is 1. The lowest BCUT2D eigenvalue weighted by Crippen LogP contribution is -2.30. The molecule has 0 radical (unpaired) electrons. The molecule has 2 aromatic rings. The van der Waals surface area contributed by atoms with Crippen LogP contribution in [0, 0.1) is 6.92 Å². The van der Waals surface area contributed by atoms with E-state index in [0.717, 1.165) is 43.4 Å². The second-order valence-electron chi connectivity index (χ2n) is 8.71. The number of hydrogen-bond acceptors (Lipinski definition) is 8. The molecule has 1 heterocycles. The van der Waals surface area contributed by atoms with Gasteiger partial charge in [-0.15, -0.1) is 11.3 Å². The highest BCUT2D eigenvalue weighted by atomic mass is 32.2. The average molecular weight is 551 g/mol. The van der Waals surface area contributed by atoms with E-state index in [0.29, 0.717) is 18.7 Å². The molecule has 202 valence electrons. The van der Waals surface area contributed by atoms with Crippen molar-refractivity contribution in [3.63, 3.8) is 0 Å². The number of ether oxygens (including phenoxy) is 2. The highest BCUT2D eigenvalue weighted by Crippen LogP contribution is 2.35. The third-order valence-electron chi connectivity index (χ3n) is 6.32. The summed E-state index contributed by atoms with van der Waals surface area (Å²) in [6.45, 7) is 7.61. The van der Waals surface area contributed by atoms with E-state index >= 15 is 0 Å². The minimum Gasteiger partial charge on any atom is -0.462 e. The van der Waals surface area contributed by atoms with E-state index < -0.39 is 27.9 Å². The zero-order valence-electron chi connectivity index (χ0n) is 21.7. The van der Waals surface area contributed by atoms with Crippen molar-refractivity contribution < 1.29 is 32.3 Å². The van der Waals surface area contributed by atoms with Crippen molar-refractivity contribution >= 4 is 44.2 Å². The van der Waals surface area contributed by atoms with Gasteiger partial charge in [0.25, 0.3) is 5.91 Å². The molecule has 11 heteroatoms. The molecule has 9 nitrogen and oxygen atoms in total. The lowest BCUT2D eigenvalue weighted by molar-refractivity contribution is 0.0216. The Bertz CT molecular complexity index is 1230. The van der Waals surface area contributed by atoms with Crippen LogP contribution in [-0.2, 0) is 19.5 Å². The van der Waals surface area contributed by atoms with Crippen molar-refractivity contribution in [1.82, 2.24) is 4.31 Å². The molecule has 1 fully saturated rings. The Morgan fingerprint density at radius 2 is 1.62 bits per heavy atom. The quantitative estimate of drug-likeness (QED) is 0.413. The number of carbonyl (C=O) groups excluding carboxylic acids is 3. The van der Waals surface area contributed by atoms with E-state index in [1.807, 2.05) is 0 Å². The molecule has 0 unspecified atom stereocenters. The van der Waals surface area contributed by atoms with Crippen LogP contribution in [0.25, 0.3) is 0 Å². The second kappa shape index (κ2) is 12.7. The zero-order chi connectivity index (χ0) is 27.2. The minimum absolute atomic E-state index is 0.0830. The number of esters is 2. The van der Waals surface area contributed by atoms with Crippen LogP contribution in [0.4, 0.5) is 5.00 Å². The molecule has 3 rings (SSSR count). The maximum atomic E-state index is 13.0. The molecule has 1 aromatic heterocycles. The maximum absolute atomic E-state index is 13.0. The lowest BCUT2D eigenvalue weighted by Gasteiger charge is -2.21. The van der Waals surface area contributed by atoms with E-state index in [1.165, 1.54) is 28.6 Å². The highest BCUT2D eigenvalue weighted by molar-refractivity contribution is 7.89. The minimum atomic E-state index is -3.66. The van der Waals surface area contributed by atoms with Crippen molar-refractivity contribution in [2.45, 2.75) is 70.8 Å². The van der Waals surface area contributed by atoms with Crippen LogP contribution in [0.3, 0.4) is 0 Å². The summed E-state index contributed by atoms with van der Waals surface area (Å²) < 4.78 is 37.6. The van der Waals surface area contributed by atoms with Crippen molar-refractivity contribution in [3.8, 4) is 0 Å². The molecule has 1 N–H and O–H groups in total. The van der Waals surface area contributed by atoms with Crippen LogP contribution in [0.2, 0.25) is 0 Å². The number of rotatable bonds is 10. The Hall–Kier alpha value is -2.76. The summed E-state index contributed by atoms with van der Waals surface area (Å²) in [6, 6.07) is 5.58. The van der Waals surface area contributed by atoms with Gasteiger partial charge in [0.2, 0.25) is 10.0 Å². The first kappa shape index (κ1) is 28.8. The van der Waals surface area contributed by atoms with Crippen molar-refractivity contribution in [2.75, 3.05) is 25.0 Å². The molecular formula is C26H34N2O7S2. The topological polar surface area (TPSA) is 119 Å². The van der Waals surface area contributed by atoms with Gasteiger partial charge in [-0.05, 0) is 69.4 Å². The Kier molecular flexibility index (Phi) is 9.86. The van der Waals surface area contributed by atoms with Crippen LogP contribution in [-0.4, -0.2) is 56.4 Å². The first-order valence-electron chi connectivity index (χ1n) is 12.6. The third-order valence-corrected chi connectivity index (χ3v) is 9.58. The SMILES string of the molecule is CCOC(=O)c1c(NC(=O)c2ccc(S(=O)(=O)N(CC)CC)cc2)sc(C(=O)OC2CCCCC2)c1C. The standard InChI is InChI=1S/C26H34N2O7S2/c1-5-28(6-2)37(32,33)20-15-13-18(14-16-20)23(29)27-24-21(25(30)34-7-3)17(4)22(36-24)26(31)35-19-11-9-8-10-12-19/h13-16,19H,5-12H2,1-4H3,(H,27,29). The fraction of sp³-hybridized carbons (Fsp3) is 0.500. The van der Waals surface area contributed by atoms with Gasteiger partial charge in [0.15, 0.2) is 0 Å². The summed E-state index contributed by atoms with van der Waals surface area (Å²) in [5, 5.41) is 2.88. The van der Waals surface area contributed by atoms with Crippen LogP contribution < -0.4 is 5.32 Å². The Labute approximate surface area is 222 Å². The molecule has 0 aliphatic heterocycles. The number of hydrogen-bond donors (Lipinski definition) is 1. The van der Waals surface area contributed by atoms with Gasteiger partial charge < -0.3 is 14.8 Å². The van der Waals surface area contributed by atoms with Gasteiger partial charge in [0.1, 0.15) is 16.0 Å². The van der Waals surface area contributed by atoms with Crippen LogP contribution >= 0.6 is 11.3 Å². The van der Waals surface area contributed by atoms with Gasteiger partial charge in [-0.25, -0.2) is 18.0 Å². The normalized spacial score (nSPS) is 14.4. The number of amides is 1. The van der Waals surface area contributed by atoms with Gasteiger partial charge in [-0.3, -0.25) is 4.79 Å². The van der Waals surface area contributed by atoms with E-state index in [-0.39, 0.29) is 38.6 Å². The zero-order valence-corrected chi connectivity index (χ0v) is 23.3. The molecule has 0 saturated heterocycles. The summed E-state index contributed by atoms with van der Waals surface area (Å²) >= 11 is 0.967. The third kappa shape index (κ3) is 6.58. The smallest absolute Gasteiger partial charge is 0.348 e. The molecule has 1 aliphatic rings. The van der Waals surface area contributed by atoms with E-state index in [1.54, 1.807) is 27.7 Å². The molecule has 1 aliphatic carbocycles. The number of thiophene rings is 1. The molecule has 37 heavy (non-hydrogen) atoms. The molecule has 0 atom stereocenters. The summed E-state index contributed by atoms with van der Waals surface area (Å²) in [4.78, 5) is 39.0. The highest BCUT2D eigenvalue weighted by Gasteiger charge is 2.29. The number of carbonyl (C=O) groups is 3. The Morgan fingerprint density at radius 1 is 1.00 bits per heavy atom. The van der Waals surface area contributed by atoms with E-state index in [4.69, 9.17) is 9.47 Å². The van der Waals surface area contributed by atoms with Crippen molar-refractivity contribution in [1.29, 1.82) is 0 Å². The predicted molar refractivity (Wildman–Crippen MR) is 142 cm³/mol. The average Bonchev–Trinajstić information content (AvgIpc) is 3.21. The molecule has 0 bridgehead atoms. The predicted octanol–water partition coefficient (Wildman–Crippen LogP) is 5.01. The summed E-state index contributed by atoms with van der Waals surface area (Å²) in [7, 11) is -3.66. The second-order valence-corrected chi connectivity index (χ2v) is 11.7. The molecular weight excluding hydrogens is 516 g/mol. The van der Waals surface area contributed by atoms with E-state index in [9.17, 15) is 22.8 Å². The fourth-order valence-electron chi connectivity index (χ4n) is 4.30. The molecule has 1 amide bonds. The van der Waals surface area contributed by atoms with Crippen LogP contribution in [0.15, 0.2) is 29.2 Å². The van der Waals surface area contributed by atoms with E-state index in [2.05, 4.69) is 5.32 Å². The van der Waals surface area contributed by atoms with Crippen LogP contribution in [0.5, 0.6) is 0 Å². The summed E-state index contributed by atoms with van der Waals surface area (Å²) in [6.07, 6.45) is 4.60. The lowest BCUT2D eigenvalue weighted by atomic mass is 9.98. The first-order chi connectivity index (χ1) is 17.6. The van der Waals surface area contributed by atoms with Gasteiger partial charge in [-0.1, -0.05) is 20.3 Å². The first-order valence-corrected chi connectivity index (χ1v) is 14.8. The van der Waals surface area contributed by atoms with Gasteiger partial charge >= 0.3 is 11.9 Å². The summed E-state index contributed by atoms with van der Waals surface area (Å²) in [5.74, 6) is -1.72. The number of nitrogens with zero attached hydrogens (tertiary/aromatic N) is 1. The van der Waals surface area contributed by atoms with Gasteiger partial charge in [-0.2, -0.15) is 4.31 Å². The Morgan fingerprint density at radius 3 is 2.19 bits per heavy atom. The number of benzene rings is 1. The van der Waals surface area contributed by atoms with Crippen molar-refractivity contribution in [3.05, 3.63) is 45.8 Å². The number of sulfonamides is 1. The molecule has 1 aromatic carbocycles. The van der Waals surface area contributed by atoms with Gasteiger partial charge in [0, 0.05) is 18.7 Å². The monoisotopic (exact) mass is 550 g/mol. The Balaban J connectivity index is 1.86. The number of anilines is 1. The summed E-state index contributed by atoms with van der Waals surface area (Å²) in [5.41, 5.74) is 0.697.